The fraction of sp³-hybridized carbons (Fsp3) is 0.357. The molecule has 0 fully saturated rings. The van der Waals surface area contributed by atoms with E-state index in [0.29, 0.717) is 6.42 Å². The number of nitrogens with zero attached hydrogens (tertiary/aromatic N) is 2. The second-order valence-corrected chi connectivity index (χ2v) is 4.44. The Bertz CT molecular complexity index is 534. The Hall–Kier alpha value is -1.68. The second-order valence-electron chi connectivity index (χ2n) is 4.44. The van der Waals surface area contributed by atoms with Crippen molar-refractivity contribution in [2.24, 2.45) is 5.73 Å². The van der Waals surface area contributed by atoms with Gasteiger partial charge in [-0.2, -0.15) is 0 Å². The van der Waals surface area contributed by atoms with Gasteiger partial charge in [0.2, 0.25) is 0 Å². The molecule has 3 nitrogen and oxygen atoms in total. The van der Waals surface area contributed by atoms with Crippen LogP contribution >= 0.6 is 0 Å². The summed E-state index contributed by atoms with van der Waals surface area (Å²) in [5, 5.41) is 0. The summed E-state index contributed by atoms with van der Waals surface area (Å²) in [4.78, 5) is 4.29. The van der Waals surface area contributed by atoms with Crippen LogP contribution in [0.5, 0.6) is 0 Å². The molecule has 1 unspecified atom stereocenters. The molecule has 2 aromatic rings. The van der Waals surface area contributed by atoms with Gasteiger partial charge in [-0.3, -0.25) is 0 Å². The van der Waals surface area contributed by atoms with Gasteiger partial charge in [0.25, 0.3) is 0 Å². The van der Waals surface area contributed by atoms with Crippen LogP contribution in [0.15, 0.2) is 30.6 Å². The van der Waals surface area contributed by atoms with Crippen molar-refractivity contribution in [1.82, 2.24) is 9.55 Å². The van der Waals surface area contributed by atoms with Crippen LogP contribution in [0.4, 0.5) is 4.39 Å². The van der Waals surface area contributed by atoms with Gasteiger partial charge in [0.05, 0.1) is 0 Å². The molecular weight excluding hydrogens is 229 g/mol. The maximum Gasteiger partial charge on any atom is 0.123 e. The molecule has 4 heteroatoms. The number of aromatic nitrogens is 2. The van der Waals surface area contributed by atoms with E-state index in [0.717, 1.165) is 23.5 Å². The molecule has 1 atom stereocenters. The number of hydrogen-bond donors (Lipinski definition) is 1. The highest BCUT2D eigenvalue weighted by atomic mass is 19.1. The van der Waals surface area contributed by atoms with Crippen LogP contribution in [-0.4, -0.2) is 9.55 Å². The summed E-state index contributed by atoms with van der Waals surface area (Å²) in [6, 6.07) is 4.50. The number of halogens is 1. The van der Waals surface area contributed by atoms with E-state index in [4.69, 9.17) is 5.73 Å². The average Bonchev–Trinajstić information content (AvgIpc) is 2.79. The number of imidazole rings is 1. The molecule has 0 saturated carbocycles. The maximum atomic E-state index is 13.3. The summed E-state index contributed by atoms with van der Waals surface area (Å²) < 4.78 is 15.3. The smallest absolute Gasteiger partial charge is 0.123 e. The number of rotatable bonds is 4. The summed E-state index contributed by atoms with van der Waals surface area (Å²) in [7, 11) is 0. The third-order valence-corrected chi connectivity index (χ3v) is 3.19. The average molecular weight is 247 g/mol. The van der Waals surface area contributed by atoms with Crippen LogP contribution in [0.2, 0.25) is 0 Å². The lowest BCUT2D eigenvalue weighted by molar-refractivity contribution is 0.603. The quantitative estimate of drug-likeness (QED) is 0.902. The van der Waals surface area contributed by atoms with Crippen LogP contribution in [-0.2, 0) is 13.0 Å². The van der Waals surface area contributed by atoms with Gasteiger partial charge in [-0.25, -0.2) is 9.37 Å². The molecule has 0 aliphatic rings. The first-order valence-electron chi connectivity index (χ1n) is 6.13. The molecule has 0 bridgehead atoms. The highest BCUT2D eigenvalue weighted by Gasteiger charge is 2.13. The second kappa shape index (κ2) is 5.31. The van der Waals surface area contributed by atoms with Crippen LogP contribution in [0.1, 0.15) is 29.9 Å². The normalized spacial score (nSPS) is 12.7. The van der Waals surface area contributed by atoms with Gasteiger partial charge in [0.15, 0.2) is 0 Å². The van der Waals surface area contributed by atoms with Gasteiger partial charge in [-0.05, 0) is 37.1 Å². The van der Waals surface area contributed by atoms with E-state index in [1.165, 1.54) is 12.1 Å². The Morgan fingerprint density at radius 2 is 2.22 bits per heavy atom. The van der Waals surface area contributed by atoms with Crippen molar-refractivity contribution < 1.29 is 4.39 Å². The third kappa shape index (κ3) is 2.59. The Balaban J connectivity index is 2.21. The Morgan fingerprint density at radius 3 is 2.94 bits per heavy atom. The SMILES string of the molecule is CCn1ccnc1CC(N)c1cc(F)ccc1C. The van der Waals surface area contributed by atoms with E-state index in [-0.39, 0.29) is 11.9 Å². The van der Waals surface area contributed by atoms with E-state index < -0.39 is 0 Å². The van der Waals surface area contributed by atoms with Crippen LogP contribution < -0.4 is 5.73 Å². The summed E-state index contributed by atoms with van der Waals surface area (Å²) in [5.41, 5.74) is 8.02. The first-order valence-corrected chi connectivity index (χ1v) is 6.13. The van der Waals surface area contributed by atoms with E-state index in [1.54, 1.807) is 12.3 Å². The molecule has 18 heavy (non-hydrogen) atoms. The molecule has 0 aliphatic heterocycles. The van der Waals surface area contributed by atoms with Crippen molar-refractivity contribution in [3.8, 4) is 0 Å². The lowest BCUT2D eigenvalue weighted by atomic mass is 9.99. The van der Waals surface area contributed by atoms with Gasteiger partial charge < -0.3 is 10.3 Å². The molecule has 2 N–H and O–H groups in total. The standard InChI is InChI=1S/C14H18FN3/c1-3-18-7-6-17-14(18)9-13(16)12-8-11(15)5-4-10(12)2/h4-8,13H,3,9,16H2,1-2H3. The zero-order chi connectivity index (χ0) is 13.1. The highest BCUT2D eigenvalue weighted by molar-refractivity contribution is 5.30. The predicted molar refractivity (Wildman–Crippen MR) is 69.7 cm³/mol. The molecular formula is C14H18FN3. The molecule has 96 valence electrons. The lowest BCUT2D eigenvalue weighted by Gasteiger charge is -2.15. The van der Waals surface area contributed by atoms with Gasteiger partial charge in [0.1, 0.15) is 11.6 Å². The molecule has 0 radical (unpaired) electrons. The monoisotopic (exact) mass is 247 g/mol. The number of aryl methyl sites for hydroxylation is 2. The zero-order valence-electron chi connectivity index (χ0n) is 10.7. The van der Waals surface area contributed by atoms with Crippen LogP contribution in [0, 0.1) is 12.7 Å². The van der Waals surface area contributed by atoms with Crippen molar-refractivity contribution in [1.29, 1.82) is 0 Å². The molecule has 1 aromatic carbocycles. The topological polar surface area (TPSA) is 43.8 Å². The molecule has 0 amide bonds. The van der Waals surface area contributed by atoms with Crippen molar-refractivity contribution in [2.45, 2.75) is 32.9 Å². The Labute approximate surface area is 106 Å². The minimum atomic E-state index is -0.245. The third-order valence-electron chi connectivity index (χ3n) is 3.19. The summed E-state index contributed by atoms with van der Waals surface area (Å²) >= 11 is 0. The van der Waals surface area contributed by atoms with Crippen molar-refractivity contribution in [3.63, 3.8) is 0 Å². The van der Waals surface area contributed by atoms with Crippen LogP contribution in [0.3, 0.4) is 0 Å². The molecule has 0 aliphatic carbocycles. The maximum absolute atomic E-state index is 13.3. The molecule has 1 heterocycles. The first kappa shape index (κ1) is 12.8. The summed E-state index contributed by atoms with van der Waals surface area (Å²) in [6.45, 7) is 4.87. The van der Waals surface area contributed by atoms with E-state index in [1.807, 2.05) is 13.1 Å². The van der Waals surface area contributed by atoms with Crippen molar-refractivity contribution in [3.05, 3.63) is 53.4 Å². The summed E-state index contributed by atoms with van der Waals surface area (Å²) in [6.07, 6.45) is 4.32. The summed E-state index contributed by atoms with van der Waals surface area (Å²) in [5.74, 6) is 0.693. The van der Waals surface area contributed by atoms with Gasteiger partial charge in [-0.15, -0.1) is 0 Å². The lowest BCUT2D eigenvalue weighted by Crippen LogP contribution is -2.17. The minimum absolute atomic E-state index is 0.228. The van der Waals surface area contributed by atoms with Crippen molar-refractivity contribution in [2.75, 3.05) is 0 Å². The van der Waals surface area contributed by atoms with E-state index in [9.17, 15) is 4.39 Å². The molecule has 2 rings (SSSR count). The van der Waals surface area contributed by atoms with E-state index in [2.05, 4.69) is 16.5 Å². The Morgan fingerprint density at radius 1 is 1.44 bits per heavy atom. The Kier molecular flexibility index (Phi) is 3.77. The largest absolute Gasteiger partial charge is 0.335 e. The van der Waals surface area contributed by atoms with Gasteiger partial charge in [-0.1, -0.05) is 6.07 Å². The minimum Gasteiger partial charge on any atom is -0.335 e. The number of benzene rings is 1. The van der Waals surface area contributed by atoms with Gasteiger partial charge in [0, 0.05) is 31.4 Å². The van der Waals surface area contributed by atoms with Crippen molar-refractivity contribution >= 4 is 0 Å². The fourth-order valence-corrected chi connectivity index (χ4v) is 2.14. The highest BCUT2D eigenvalue weighted by Crippen LogP contribution is 2.20. The molecule has 0 spiro atoms. The first-order chi connectivity index (χ1) is 8.61. The number of hydrogen-bond acceptors (Lipinski definition) is 2. The number of nitrogens with two attached hydrogens (primary N) is 1. The van der Waals surface area contributed by atoms with Gasteiger partial charge >= 0.3 is 0 Å². The molecule has 1 aromatic heterocycles. The zero-order valence-corrected chi connectivity index (χ0v) is 10.7. The van der Waals surface area contributed by atoms with Crippen LogP contribution in [0.25, 0.3) is 0 Å². The fourth-order valence-electron chi connectivity index (χ4n) is 2.14. The molecule has 0 saturated heterocycles. The van der Waals surface area contributed by atoms with E-state index >= 15 is 0 Å². The predicted octanol–water partition coefficient (Wildman–Crippen LogP) is 2.59.